The van der Waals surface area contributed by atoms with E-state index in [0.717, 1.165) is 12.0 Å². The Labute approximate surface area is 118 Å². The monoisotopic (exact) mass is 273 g/mol. The van der Waals surface area contributed by atoms with Crippen molar-refractivity contribution >= 4 is 5.69 Å². The fraction of sp³-hybridized carbons (Fsp3) is 0.375. The average Bonchev–Trinajstić information content (AvgIpc) is 2.45. The Morgan fingerprint density at radius 1 is 1.10 bits per heavy atom. The summed E-state index contributed by atoms with van der Waals surface area (Å²) in [5, 5.41) is 3.05. The molecule has 0 unspecified atom stereocenters. The first-order valence-corrected chi connectivity index (χ1v) is 6.85. The van der Waals surface area contributed by atoms with Crippen molar-refractivity contribution in [2.24, 2.45) is 0 Å². The molecule has 0 aliphatic carbocycles. The van der Waals surface area contributed by atoms with Gasteiger partial charge in [-0.05, 0) is 25.8 Å². The van der Waals surface area contributed by atoms with E-state index in [1.165, 1.54) is 0 Å². The summed E-state index contributed by atoms with van der Waals surface area (Å²) in [6, 6.07) is 9.26. The van der Waals surface area contributed by atoms with E-state index >= 15 is 0 Å². The van der Waals surface area contributed by atoms with E-state index in [9.17, 15) is 9.59 Å². The Morgan fingerprint density at radius 3 is 2.45 bits per heavy atom. The maximum atomic E-state index is 11.7. The van der Waals surface area contributed by atoms with Crippen LogP contribution in [0.15, 0.2) is 39.9 Å². The van der Waals surface area contributed by atoms with E-state index in [2.05, 4.69) is 5.32 Å². The molecule has 0 aromatic heterocycles. The Hall–Kier alpha value is -1.94. The predicted octanol–water partition coefficient (Wildman–Crippen LogP) is 2.18. The molecule has 0 radical (unpaired) electrons. The Morgan fingerprint density at radius 2 is 1.80 bits per heavy atom. The van der Waals surface area contributed by atoms with Gasteiger partial charge in [0.15, 0.2) is 0 Å². The van der Waals surface area contributed by atoms with Gasteiger partial charge in [0, 0.05) is 13.2 Å². The molecule has 106 valence electrons. The lowest BCUT2D eigenvalue weighted by atomic mass is 9.98. The van der Waals surface area contributed by atoms with Gasteiger partial charge in [0.05, 0.1) is 17.4 Å². The molecule has 0 spiro atoms. The molecular weight excluding hydrogens is 254 g/mol. The molecule has 0 aliphatic rings. The number of hydrogen-bond donors (Lipinski definition) is 1. The zero-order valence-corrected chi connectivity index (χ0v) is 11.8. The average molecular weight is 273 g/mol. The molecule has 1 N–H and O–H groups in total. The maximum Gasteiger partial charge on any atom is 0.250 e. The van der Waals surface area contributed by atoms with Gasteiger partial charge in [-0.1, -0.05) is 30.3 Å². The van der Waals surface area contributed by atoms with E-state index in [1.807, 2.05) is 44.2 Å². The highest BCUT2D eigenvalue weighted by Crippen LogP contribution is 2.22. The molecule has 0 aliphatic heterocycles. The molecule has 2 rings (SSSR count). The molecular formula is C16H19NO3. The fourth-order valence-electron chi connectivity index (χ4n) is 2.05. The summed E-state index contributed by atoms with van der Waals surface area (Å²) in [5.41, 5.74) is 0.898. The third-order valence-electron chi connectivity index (χ3n) is 3.05. The second kappa shape index (κ2) is 6.48. The molecule has 0 fully saturated rings. The summed E-state index contributed by atoms with van der Waals surface area (Å²) in [6.45, 7) is 5.23. The van der Waals surface area contributed by atoms with E-state index in [-0.39, 0.29) is 6.10 Å². The van der Waals surface area contributed by atoms with Gasteiger partial charge in [0.1, 0.15) is 0 Å². The molecule has 20 heavy (non-hydrogen) atoms. The van der Waals surface area contributed by atoms with Crippen molar-refractivity contribution in [1.29, 1.82) is 0 Å². The predicted molar refractivity (Wildman–Crippen MR) is 81.0 cm³/mol. The highest BCUT2D eigenvalue weighted by molar-refractivity contribution is 5.81. The Balaban J connectivity index is 1.98. The lowest BCUT2D eigenvalue weighted by Crippen LogP contribution is -2.36. The summed E-state index contributed by atoms with van der Waals surface area (Å²) < 4.78 is 5.43. The van der Waals surface area contributed by atoms with Crippen LogP contribution >= 0.6 is 0 Å². The molecule has 0 bridgehead atoms. The van der Waals surface area contributed by atoms with Gasteiger partial charge in [-0.3, -0.25) is 9.59 Å². The lowest BCUT2D eigenvalue weighted by molar-refractivity contribution is 0.0787. The highest BCUT2D eigenvalue weighted by Gasteiger charge is 2.21. The molecule has 2 aromatic rings. The molecule has 0 saturated carbocycles. The van der Waals surface area contributed by atoms with Gasteiger partial charge in [-0.2, -0.15) is 0 Å². The van der Waals surface area contributed by atoms with Crippen molar-refractivity contribution < 1.29 is 4.74 Å². The molecule has 4 nitrogen and oxygen atoms in total. The number of anilines is 1. The van der Waals surface area contributed by atoms with Crippen LogP contribution in [0.1, 0.15) is 20.3 Å². The van der Waals surface area contributed by atoms with Crippen LogP contribution in [-0.2, 0) is 4.74 Å². The first-order valence-electron chi connectivity index (χ1n) is 6.85. The minimum Gasteiger partial charge on any atom is -0.381 e. The topological polar surface area (TPSA) is 55.4 Å². The van der Waals surface area contributed by atoms with Crippen LogP contribution < -0.4 is 16.2 Å². The number of benzene rings is 1. The van der Waals surface area contributed by atoms with Gasteiger partial charge in [0.25, 0.3) is 0 Å². The van der Waals surface area contributed by atoms with E-state index in [4.69, 9.17) is 4.74 Å². The van der Waals surface area contributed by atoms with Crippen molar-refractivity contribution in [3.8, 4) is 11.1 Å². The number of ether oxygens (including phenoxy) is 1. The van der Waals surface area contributed by atoms with E-state index in [0.29, 0.717) is 24.4 Å². The van der Waals surface area contributed by atoms with Crippen molar-refractivity contribution in [3.63, 3.8) is 0 Å². The zero-order valence-electron chi connectivity index (χ0n) is 11.8. The summed E-state index contributed by atoms with van der Waals surface area (Å²) in [7, 11) is 0. The van der Waals surface area contributed by atoms with E-state index < -0.39 is 10.9 Å². The normalized spacial score (nSPS) is 11.2. The van der Waals surface area contributed by atoms with Crippen LogP contribution in [0.5, 0.6) is 0 Å². The van der Waals surface area contributed by atoms with Crippen LogP contribution in [-0.4, -0.2) is 19.3 Å². The van der Waals surface area contributed by atoms with Crippen LogP contribution in [0.2, 0.25) is 0 Å². The molecule has 4 heteroatoms. The van der Waals surface area contributed by atoms with Gasteiger partial charge in [0.2, 0.25) is 10.9 Å². The largest absolute Gasteiger partial charge is 0.381 e. The minimum absolute atomic E-state index is 0.209. The third-order valence-corrected chi connectivity index (χ3v) is 3.05. The molecule has 0 saturated heterocycles. The highest BCUT2D eigenvalue weighted by atomic mass is 16.5. The number of hydrogen-bond acceptors (Lipinski definition) is 4. The molecule has 0 amide bonds. The zero-order chi connectivity index (χ0) is 14.5. The molecule has 0 atom stereocenters. The first-order chi connectivity index (χ1) is 9.61. The van der Waals surface area contributed by atoms with Crippen LogP contribution in [0.4, 0.5) is 5.69 Å². The summed E-state index contributed by atoms with van der Waals surface area (Å²) in [4.78, 5) is 23.3. The first kappa shape index (κ1) is 14.5. The van der Waals surface area contributed by atoms with Gasteiger partial charge < -0.3 is 10.1 Å². The van der Waals surface area contributed by atoms with Crippen molar-refractivity contribution in [3.05, 3.63) is 50.8 Å². The summed E-state index contributed by atoms with van der Waals surface area (Å²) >= 11 is 0. The van der Waals surface area contributed by atoms with E-state index in [1.54, 1.807) is 0 Å². The Bertz CT molecular complexity index is 625. The minimum atomic E-state index is -0.423. The standard InChI is InChI=1S/C16H19NO3/c1-11(2)20-10-6-9-17-14-13(15(18)16(14)19)12-7-4-3-5-8-12/h3-5,7-8,11,17H,6,9-10H2,1-2H3. The molecule has 0 heterocycles. The Kier molecular flexibility index (Phi) is 4.69. The van der Waals surface area contributed by atoms with Crippen molar-refractivity contribution in [2.75, 3.05) is 18.5 Å². The third kappa shape index (κ3) is 3.14. The lowest BCUT2D eigenvalue weighted by Gasteiger charge is -2.13. The SMILES string of the molecule is CC(C)OCCCNc1c(-c2ccccc2)c(=O)c1=O. The maximum absolute atomic E-state index is 11.7. The van der Waals surface area contributed by atoms with Crippen molar-refractivity contribution in [1.82, 2.24) is 0 Å². The van der Waals surface area contributed by atoms with Gasteiger partial charge in [-0.25, -0.2) is 0 Å². The molecule has 2 aromatic carbocycles. The summed E-state index contributed by atoms with van der Waals surface area (Å²) in [6.07, 6.45) is 1.01. The fourth-order valence-corrected chi connectivity index (χ4v) is 2.05. The van der Waals surface area contributed by atoms with Crippen LogP contribution in [0.3, 0.4) is 0 Å². The van der Waals surface area contributed by atoms with Crippen LogP contribution in [0, 0.1) is 0 Å². The van der Waals surface area contributed by atoms with Crippen molar-refractivity contribution in [2.45, 2.75) is 26.4 Å². The number of rotatable bonds is 7. The summed E-state index contributed by atoms with van der Waals surface area (Å²) in [5.74, 6) is 0. The van der Waals surface area contributed by atoms with Crippen LogP contribution in [0.25, 0.3) is 11.1 Å². The number of nitrogens with one attached hydrogen (secondary N) is 1. The smallest absolute Gasteiger partial charge is 0.250 e. The second-order valence-electron chi connectivity index (χ2n) is 4.97. The van der Waals surface area contributed by atoms with Gasteiger partial charge >= 0.3 is 0 Å². The second-order valence-corrected chi connectivity index (χ2v) is 4.97. The van der Waals surface area contributed by atoms with Gasteiger partial charge in [-0.15, -0.1) is 0 Å². The quantitative estimate of drug-likeness (QED) is 0.620.